The molecule has 0 aliphatic carbocycles. The van der Waals surface area contributed by atoms with E-state index in [0.717, 1.165) is 16.7 Å². The Balaban J connectivity index is 2.50. The smallest absolute Gasteiger partial charge is 0.146 e. The topological polar surface area (TPSA) is 18.5 Å². The molecule has 0 heterocycles. The maximum atomic E-state index is 6.58. The molecule has 0 amide bonds. The molecule has 112 valence electrons. The second-order valence-electron chi connectivity index (χ2n) is 4.58. The van der Waals surface area contributed by atoms with Crippen LogP contribution < -0.4 is 9.47 Å². The quantitative estimate of drug-likeness (QED) is 0.667. The van der Waals surface area contributed by atoms with Crippen molar-refractivity contribution >= 4 is 34.8 Å². The minimum absolute atomic E-state index is 0.390. The molecule has 0 saturated heterocycles. The normalized spacial score (nSPS) is 12.1. The van der Waals surface area contributed by atoms with E-state index < -0.39 is 0 Å². The molecule has 0 radical (unpaired) electrons. The van der Waals surface area contributed by atoms with Gasteiger partial charge in [-0.3, -0.25) is 0 Å². The monoisotopic (exact) mass is 344 g/mol. The van der Waals surface area contributed by atoms with E-state index in [4.69, 9.17) is 44.3 Å². The molecule has 1 atom stereocenters. The van der Waals surface area contributed by atoms with Crippen molar-refractivity contribution in [1.82, 2.24) is 0 Å². The number of hydrogen-bond donors (Lipinski definition) is 0. The van der Waals surface area contributed by atoms with Crippen LogP contribution in [0.4, 0.5) is 0 Å². The van der Waals surface area contributed by atoms with Gasteiger partial charge in [0.2, 0.25) is 0 Å². The Hall–Kier alpha value is -1.09. The van der Waals surface area contributed by atoms with Crippen LogP contribution >= 0.6 is 34.8 Å². The van der Waals surface area contributed by atoms with Crippen molar-refractivity contribution in [3.63, 3.8) is 0 Å². The SMILES string of the molecule is COc1ccc(C(Cl)c2ccc(Cl)c(C)c2)c(OC)c1Cl. The zero-order valence-electron chi connectivity index (χ0n) is 11.9. The summed E-state index contributed by atoms with van der Waals surface area (Å²) in [6.45, 7) is 1.94. The van der Waals surface area contributed by atoms with Crippen molar-refractivity contribution in [3.05, 3.63) is 57.1 Å². The van der Waals surface area contributed by atoms with E-state index in [2.05, 4.69) is 0 Å². The van der Waals surface area contributed by atoms with E-state index in [9.17, 15) is 0 Å². The second kappa shape index (κ2) is 6.78. The largest absolute Gasteiger partial charge is 0.495 e. The minimum atomic E-state index is -0.390. The summed E-state index contributed by atoms with van der Waals surface area (Å²) >= 11 is 18.9. The first-order valence-electron chi connectivity index (χ1n) is 6.30. The van der Waals surface area contributed by atoms with Gasteiger partial charge in [-0.2, -0.15) is 0 Å². The van der Waals surface area contributed by atoms with Crippen molar-refractivity contribution in [2.75, 3.05) is 14.2 Å². The van der Waals surface area contributed by atoms with Gasteiger partial charge in [0, 0.05) is 10.6 Å². The Kier molecular flexibility index (Phi) is 5.26. The number of ether oxygens (including phenoxy) is 2. The number of methoxy groups -OCH3 is 2. The molecule has 0 aliphatic rings. The van der Waals surface area contributed by atoms with Crippen molar-refractivity contribution in [2.45, 2.75) is 12.3 Å². The van der Waals surface area contributed by atoms with Gasteiger partial charge in [-0.15, -0.1) is 11.6 Å². The second-order valence-corrected chi connectivity index (χ2v) is 5.80. The summed E-state index contributed by atoms with van der Waals surface area (Å²) in [5.74, 6) is 1.07. The summed E-state index contributed by atoms with van der Waals surface area (Å²) in [5.41, 5.74) is 2.68. The Bertz CT molecular complexity index is 656. The lowest BCUT2D eigenvalue weighted by Crippen LogP contribution is -2.00. The zero-order chi connectivity index (χ0) is 15.6. The molecule has 0 spiro atoms. The van der Waals surface area contributed by atoms with Crippen molar-refractivity contribution in [2.24, 2.45) is 0 Å². The highest BCUT2D eigenvalue weighted by molar-refractivity contribution is 6.34. The predicted octanol–water partition coefficient (Wildman–Crippen LogP) is 5.65. The lowest BCUT2D eigenvalue weighted by Gasteiger charge is -2.17. The van der Waals surface area contributed by atoms with Crippen LogP contribution in [-0.4, -0.2) is 14.2 Å². The van der Waals surface area contributed by atoms with E-state index in [1.807, 2.05) is 31.2 Å². The van der Waals surface area contributed by atoms with Crippen molar-refractivity contribution < 1.29 is 9.47 Å². The first-order chi connectivity index (χ1) is 9.99. The third-order valence-electron chi connectivity index (χ3n) is 3.26. The molecule has 0 aliphatic heterocycles. The van der Waals surface area contributed by atoms with Gasteiger partial charge in [-0.1, -0.05) is 35.3 Å². The summed E-state index contributed by atoms with van der Waals surface area (Å²) in [5, 5.41) is 0.732. The van der Waals surface area contributed by atoms with Crippen LogP contribution in [-0.2, 0) is 0 Å². The highest BCUT2D eigenvalue weighted by atomic mass is 35.5. The Morgan fingerprint density at radius 1 is 1.00 bits per heavy atom. The fourth-order valence-corrected chi connectivity index (χ4v) is 2.87. The molecule has 2 nitrogen and oxygen atoms in total. The molecule has 0 bridgehead atoms. The van der Waals surface area contributed by atoms with Crippen LogP contribution in [0.25, 0.3) is 0 Å². The van der Waals surface area contributed by atoms with Gasteiger partial charge in [0.25, 0.3) is 0 Å². The molecule has 2 aromatic rings. The van der Waals surface area contributed by atoms with Gasteiger partial charge < -0.3 is 9.47 Å². The highest BCUT2D eigenvalue weighted by Crippen LogP contribution is 2.43. The number of halogens is 3. The maximum Gasteiger partial charge on any atom is 0.146 e. The Morgan fingerprint density at radius 2 is 1.71 bits per heavy atom. The fraction of sp³-hybridized carbons (Fsp3) is 0.250. The van der Waals surface area contributed by atoms with Gasteiger partial charge in [-0.05, 0) is 36.2 Å². The molecule has 0 fully saturated rings. The van der Waals surface area contributed by atoms with E-state index in [0.29, 0.717) is 21.5 Å². The molecule has 0 aromatic heterocycles. The van der Waals surface area contributed by atoms with Gasteiger partial charge in [0.1, 0.15) is 16.5 Å². The number of hydrogen-bond acceptors (Lipinski definition) is 2. The average molecular weight is 346 g/mol. The van der Waals surface area contributed by atoms with Gasteiger partial charge in [0.15, 0.2) is 0 Å². The molecule has 21 heavy (non-hydrogen) atoms. The molecule has 0 N–H and O–H groups in total. The molecule has 1 unspecified atom stereocenters. The maximum absolute atomic E-state index is 6.58. The number of benzene rings is 2. The van der Waals surface area contributed by atoms with Crippen molar-refractivity contribution in [1.29, 1.82) is 0 Å². The molecular weight excluding hydrogens is 331 g/mol. The lowest BCUT2D eigenvalue weighted by atomic mass is 10.0. The van der Waals surface area contributed by atoms with Gasteiger partial charge in [0.05, 0.1) is 19.6 Å². The van der Waals surface area contributed by atoms with Crippen molar-refractivity contribution in [3.8, 4) is 11.5 Å². The fourth-order valence-electron chi connectivity index (χ4n) is 2.12. The standard InChI is InChI=1S/C16H15Cl3O2/c1-9-8-10(4-6-12(9)17)14(18)11-5-7-13(20-2)15(19)16(11)21-3/h4-8,14H,1-3H3. The number of aryl methyl sites for hydroxylation is 1. The third kappa shape index (κ3) is 3.23. The van der Waals surface area contributed by atoms with Gasteiger partial charge >= 0.3 is 0 Å². The molecule has 5 heteroatoms. The van der Waals surface area contributed by atoms with Gasteiger partial charge in [-0.25, -0.2) is 0 Å². The van der Waals surface area contributed by atoms with E-state index in [1.165, 1.54) is 0 Å². The minimum Gasteiger partial charge on any atom is -0.495 e. The van der Waals surface area contributed by atoms with Crippen LogP contribution in [0.3, 0.4) is 0 Å². The number of rotatable bonds is 4. The summed E-state index contributed by atoms with van der Waals surface area (Å²) in [4.78, 5) is 0. The van der Waals surface area contributed by atoms with Crippen LogP contribution in [0.5, 0.6) is 11.5 Å². The summed E-state index contributed by atoms with van der Waals surface area (Å²) < 4.78 is 10.6. The van der Waals surface area contributed by atoms with E-state index >= 15 is 0 Å². The predicted molar refractivity (Wildman–Crippen MR) is 88.4 cm³/mol. The first-order valence-corrected chi connectivity index (χ1v) is 7.49. The Labute approximate surface area is 139 Å². The van der Waals surface area contributed by atoms with Crippen LogP contribution in [0.2, 0.25) is 10.0 Å². The van der Waals surface area contributed by atoms with E-state index in [-0.39, 0.29) is 5.38 Å². The first kappa shape index (κ1) is 16.3. The number of alkyl halides is 1. The molecule has 2 rings (SSSR count). The average Bonchev–Trinajstić information content (AvgIpc) is 2.49. The molecule has 0 saturated carbocycles. The summed E-state index contributed by atoms with van der Waals surface area (Å²) in [6, 6.07) is 9.31. The third-order valence-corrected chi connectivity index (χ3v) is 4.53. The molecular formula is C16H15Cl3O2. The lowest BCUT2D eigenvalue weighted by molar-refractivity contribution is 0.392. The van der Waals surface area contributed by atoms with Crippen LogP contribution in [0.1, 0.15) is 22.1 Å². The highest BCUT2D eigenvalue weighted by Gasteiger charge is 2.20. The van der Waals surface area contributed by atoms with Crippen LogP contribution in [0, 0.1) is 6.92 Å². The summed E-state index contributed by atoms with van der Waals surface area (Å²) in [7, 11) is 3.11. The molecule has 2 aromatic carbocycles. The van der Waals surface area contributed by atoms with Crippen LogP contribution in [0.15, 0.2) is 30.3 Å². The Morgan fingerprint density at radius 3 is 2.29 bits per heavy atom. The summed E-state index contributed by atoms with van der Waals surface area (Å²) in [6.07, 6.45) is 0. The zero-order valence-corrected chi connectivity index (χ0v) is 14.2. The van der Waals surface area contributed by atoms with E-state index in [1.54, 1.807) is 20.3 Å².